The normalized spacial score (nSPS) is 10.3. The van der Waals surface area contributed by atoms with E-state index in [2.05, 4.69) is 10.6 Å². The number of rotatable bonds is 10. The Morgan fingerprint density at radius 3 is 2.48 bits per heavy atom. The van der Waals surface area contributed by atoms with Gasteiger partial charge in [-0.15, -0.1) is 0 Å². The first-order valence-electron chi connectivity index (χ1n) is 9.17. The van der Waals surface area contributed by atoms with Crippen LogP contribution < -0.4 is 20.3 Å². The van der Waals surface area contributed by atoms with E-state index in [0.717, 1.165) is 12.1 Å². The maximum atomic E-state index is 12.6. The van der Waals surface area contributed by atoms with Crippen LogP contribution in [0.1, 0.15) is 16.8 Å². The minimum atomic E-state index is -0.330. The van der Waals surface area contributed by atoms with E-state index in [1.54, 1.807) is 49.6 Å². The molecule has 2 amide bonds. The van der Waals surface area contributed by atoms with Crippen LogP contribution >= 0.6 is 11.6 Å². The summed E-state index contributed by atoms with van der Waals surface area (Å²) in [5.41, 5.74) is 1.75. The van der Waals surface area contributed by atoms with E-state index in [1.807, 2.05) is 19.0 Å². The van der Waals surface area contributed by atoms with Crippen LogP contribution in [-0.4, -0.2) is 52.8 Å². The molecule has 2 rings (SSSR count). The summed E-state index contributed by atoms with van der Waals surface area (Å²) in [6.07, 6.45) is 0.720. The highest BCUT2D eigenvalue weighted by atomic mass is 35.5. The molecule has 0 fully saturated rings. The Labute approximate surface area is 175 Å². The predicted octanol–water partition coefficient (Wildman–Crippen LogP) is 3.19. The van der Waals surface area contributed by atoms with E-state index in [4.69, 9.17) is 21.1 Å². The molecule has 0 radical (unpaired) electrons. The van der Waals surface area contributed by atoms with Crippen LogP contribution in [0.25, 0.3) is 0 Å². The monoisotopic (exact) mass is 419 g/mol. The van der Waals surface area contributed by atoms with Crippen molar-refractivity contribution in [3.8, 4) is 5.75 Å². The third-order valence-corrected chi connectivity index (χ3v) is 4.25. The molecule has 0 aliphatic heterocycles. The number of amides is 2. The number of halogens is 1. The van der Waals surface area contributed by atoms with Gasteiger partial charge in [0.2, 0.25) is 0 Å². The summed E-state index contributed by atoms with van der Waals surface area (Å²) in [5.74, 6) is 0.00551. The molecule has 0 unspecified atom stereocenters. The summed E-state index contributed by atoms with van der Waals surface area (Å²) in [7, 11) is 5.33. The zero-order chi connectivity index (χ0) is 21.2. The third-order valence-electron chi connectivity index (χ3n) is 4.00. The first-order valence-corrected chi connectivity index (χ1v) is 9.55. The van der Waals surface area contributed by atoms with Crippen LogP contribution in [0, 0.1) is 0 Å². The summed E-state index contributed by atoms with van der Waals surface area (Å²) in [6.45, 7) is 0.922. The van der Waals surface area contributed by atoms with Crippen LogP contribution in [0.2, 0.25) is 5.02 Å². The maximum Gasteiger partial charge on any atom is 0.262 e. The standard InChI is InChI=1S/C21H26ClN3O4/c1-25(2)19-10-7-16(13-18(19)21(27)23-11-4-12-28-3)24-20(26)14-29-17-8-5-15(22)6-9-17/h5-10,13H,4,11-12,14H2,1-3H3,(H,23,27)(H,24,26). The van der Waals surface area contributed by atoms with Crippen molar-refractivity contribution >= 4 is 34.8 Å². The molecule has 2 aromatic carbocycles. The van der Waals surface area contributed by atoms with Gasteiger partial charge in [-0.05, 0) is 48.9 Å². The predicted molar refractivity (Wildman–Crippen MR) is 115 cm³/mol. The topological polar surface area (TPSA) is 79.9 Å². The summed E-state index contributed by atoms with van der Waals surface area (Å²) < 4.78 is 10.4. The third kappa shape index (κ3) is 7.29. The second kappa shape index (κ2) is 11.3. The summed E-state index contributed by atoms with van der Waals surface area (Å²) >= 11 is 5.83. The Hall–Kier alpha value is -2.77. The number of ether oxygens (including phenoxy) is 2. The van der Waals surface area contributed by atoms with Crippen LogP contribution in [0.4, 0.5) is 11.4 Å². The van der Waals surface area contributed by atoms with Crippen molar-refractivity contribution in [2.24, 2.45) is 0 Å². The van der Waals surface area contributed by atoms with Crippen molar-refractivity contribution in [3.63, 3.8) is 0 Å². The highest BCUT2D eigenvalue weighted by molar-refractivity contribution is 6.30. The number of hydrogen-bond acceptors (Lipinski definition) is 5. The van der Waals surface area contributed by atoms with E-state index in [1.165, 1.54) is 0 Å². The quantitative estimate of drug-likeness (QED) is 0.578. The van der Waals surface area contributed by atoms with Gasteiger partial charge in [-0.3, -0.25) is 9.59 Å². The highest BCUT2D eigenvalue weighted by Crippen LogP contribution is 2.23. The Kier molecular flexibility index (Phi) is 8.76. The number of hydrogen-bond donors (Lipinski definition) is 2. The SMILES string of the molecule is COCCCNC(=O)c1cc(NC(=O)COc2ccc(Cl)cc2)ccc1N(C)C. The molecule has 0 spiro atoms. The molecule has 0 aromatic heterocycles. The zero-order valence-electron chi connectivity index (χ0n) is 16.8. The Balaban J connectivity index is 2.01. The van der Waals surface area contributed by atoms with Gasteiger partial charge >= 0.3 is 0 Å². The molecule has 2 aromatic rings. The van der Waals surface area contributed by atoms with Crippen molar-refractivity contribution in [1.82, 2.24) is 5.32 Å². The molecule has 0 atom stereocenters. The van der Waals surface area contributed by atoms with Crippen LogP contribution in [0.15, 0.2) is 42.5 Å². The number of nitrogens with zero attached hydrogens (tertiary/aromatic N) is 1. The summed E-state index contributed by atoms with van der Waals surface area (Å²) in [5, 5.41) is 6.21. The van der Waals surface area contributed by atoms with Gasteiger partial charge in [0.05, 0.1) is 5.56 Å². The lowest BCUT2D eigenvalue weighted by Gasteiger charge is -2.18. The van der Waals surface area contributed by atoms with Gasteiger partial charge in [-0.2, -0.15) is 0 Å². The maximum absolute atomic E-state index is 12.6. The molecule has 0 saturated carbocycles. The molecular formula is C21H26ClN3O4. The molecule has 0 aliphatic carbocycles. The molecule has 2 N–H and O–H groups in total. The van der Waals surface area contributed by atoms with E-state index < -0.39 is 0 Å². The van der Waals surface area contributed by atoms with E-state index in [0.29, 0.717) is 35.2 Å². The van der Waals surface area contributed by atoms with Crippen LogP contribution in [0.5, 0.6) is 5.75 Å². The molecular weight excluding hydrogens is 394 g/mol. The zero-order valence-corrected chi connectivity index (χ0v) is 17.6. The van der Waals surface area contributed by atoms with Crippen molar-refractivity contribution in [2.75, 3.05) is 51.2 Å². The molecule has 0 aliphatic rings. The van der Waals surface area contributed by atoms with Gasteiger partial charge in [0.25, 0.3) is 11.8 Å². The second-order valence-electron chi connectivity index (χ2n) is 6.52. The fourth-order valence-corrected chi connectivity index (χ4v) is 2.70. The van der Waals surface area contributed by atoms with Crippen molar-refractivity contribution in [2.45, 2.75) is 6.42 Å². The Morgan fingerprint density at radius 1 is 1.10 bits per heavy atom. The Bertz CT molecular complexity index is 825. The van der Waals surface area contributed by atoms with E-state index in [9.17, 15) is 9.59 Å². The first kappa shape index (κ1) is 22.5. The Morgan fingerprint density at radius 2 is 1.83 bits per heavy atom. The van der Waals surface area contributed by atoms with Crippen LogP contribution in [-0.2, 0) is 9.53 Å². The minimum absolute atomic E-state index is 0.157. The van der Waals surface area contributed by atoms with Gasteiger partial charge < -0.3 is 25.0 Å². The number of anilines is 2. The van der Waals surface area contributed by atoms with Crippen LogP contribution in [0.3, 0.4) is 0 Å². The molecule has 29 heavy (non-hydrogen) atoms. The molecule has 156 valence electrons. The van der Waals surface area contributed by atoms with Gasteiger partial charge in [0, 0.05) is 50.8 Å². The lowest BCUT2D eigenvalue weighted by Crippen LogP contribution is -2.27. The summed E-state index contributed by atoms with van der Waals surface area (Å²) in [4.78, 5) is 26.6. The highest BCUT2D eigenvalue weighted by Gasteiger charge is 2.15. The molecule has 0 saturated heterocycles. The lowest BCUT2D eigenvalue weighted by atomic mass is 10.1. The average Bonchev–Trinajstić information content (AvgIpc) is 2.70. The lowest BCUT2D eigenvalue weighted by molar-refractivity contribution is -0.118. The van der Waals surface area contributed by atoms with Gasteiger partial charge in [0.1, 0.15) is 5.75 Å². The number of methoxy groups -OCH3 is 1. The second-order valence-corrected chi connectivity index (χ2v) is 6.96. The van der Waals surface area contributed by atoms with Crippen molar-refractivity contribution in [3.05, 3.63) is 53.1 Å². The minimum Gasteiger partial charge on any atom is -0.484 e. The number of carbonyl (C=O) groups excluding carboxylic acids is 2. The van der Waals surface area contributed by atoms with Gasteiger partial charge in [0.15, 0.2) is 6.61 Å². The van der Waals surface area contributed by atoms with Gasteiger partial charge in [-0.1, -0.05) is 11.6 Å². The number of benzene rings is 2. The van der Waals surface area contributed by atoms with Crippen molar-refractivity contribution < 1.29 is 19.1 Å². The number of nitrogens with one attached hydrogen (secondary N) is 2. The summed E-state index contributed by atoms with van der Waals surface area (Å²) in [6, 6.07) is 11.9. The first-order chi connectivity index (χ1) is 13.9. The van der Waals surface area contributed by atoms with E-state index in [-0.39, 0.29) is 18.4 Å². The molecule has 7 nitrogen and oxygen atoms in total. The smallest absolute Gasteiger partial charge is 0.262 e. The van der Waals surface area contributed by atoms with Gasteiger partial charge in [-0.25, -0.2) is 0 Å². The molecule has 8 heteroatoms. The molecule has 0 heterocycles. The number of carbonyl (C=O) groups is 2. The largest absolute Gasteiger partial charge is 0.484 e. The average molecular weight is 420 g/mol. The van der Waals surface area contributed by atoms with Crippen molar-refractivity contribution in [1.29, 1.82) is 0 Å². The fourth-order valence-electron chi connectivity index (χ4n) is 2.58. The van der Waals surface area contributed by atoms with E-state index >= 15 is 0 Å². The molecule has 0 bridgehead atoms. The fraction of sp³-hybridized carbons (Fsp3) is 0.333.